The molecule has 0 fully saturated rings. The average Bonchev–Trinajstić information content (AvgIpc) is 2.50. The fourth-order valence-electron chi connectivity index (χ4n) is 2.81. The van der Waals surface area contributed by atoms with Gasteiger partial charge in [0.05, 0.1) is 17.3 Å². The van der Waals surface area contributed by atoms with Crippen molar-refractivity contribution in [3.8, 4) is 0 Å². The van der Waals surface area contributed by atoms with Gasteiger partial charge in [-0.15, -0.1) is 0 Å². The van der Waals surface area contributed by atoms with E-state index in [0.717, 1.165) is 24.1 Å². The molecular weight excluding hydrogens is 258 g/mol. The van der Waals surface area contributed by atoms with E-state index in [0.29, 0.717) is 0 Å². The van der Waals surface area contributed by atoms with Crippen LogP contribution in [0.15, 0.2) is 30.3 Å². The van der Waals surface area contributed by atoms with Crippen LogP contribution in [0.5, 0.6) is 0 Å². The zero-order valence-corrected chi connectivity index (χ0v) is 13.3. The molecule has 1 aromatic heterocycles. The number of aryl methyl sites for hydroxylation is 1. The molecule has 2 aromatic rings. The quantitative estimate of drug-likeness (QED) is 0.665. The Morgan fingerprint density at radius 2 is 1.76 bits per heavy atom. The summed E-state index contributed by atoms with van der Waals surface area (Å²) in [6, 6.07) is 10.2. The first-order chi connectivity index (χ1) is 10.2. The molecule has 0 saturated heterocycles. The Kier molecular flexibility index (Phi) is 6.19. The van der Waals surface area contributed by atoms with Crippen LogP contribution < -0.4 is 0 Å². The Hall–Kier alpha value is -1.41. The van der Waals surface area contributed by atoms with Crippen LogP contribution in [0.1, 0.15) is 69.2 Å². The number of fused-ring (bicyclic) bond motifs is 1. The van der Waals surface area contributed by atoms with E-state index < -0.39 is 6.10 Å². The number of hydrogen-bond acceptors (Lipinski definition) is 2. The highest BCUT2D eigenvalue weighted by molar-refractivity contribution is 5.82. The van der Waals surface area contributed by atoms with Gasteiger partial charge in [-0.1, -0.05) is 63.6 Å². The lowest BCUT2D eigenvalue weighted by atomic mass is 10.0. The molecule has 2 heteroatoms. The third-order valence-corrected chi connectivity index (χ3v) is 4.12. The second-order valence-corrected chi connectivity index (χ2v) is 5.95. The molecule has 0 spiro atoms. The monoisotopic (exact) mass is 285 g/mol. The summed E-state index contributed by atoms with van der Waals surface area (Å²) >= 11 is 0. The van der Waals surface area contributed by atoms with Crippen molar-refractivity contribution in [1.29, 1.82) is 0 Å². The average molecular weight is 285 g/mol. The fourth-order valence-corrected chi connectivity index (χ4v) is 2.81. The van der Waals surface area contributed by atoms with Crippen LogP contribution >= 0.6 is 0 Å². The summed E-state index contributed by atoms with van der Waals surface area (Å²) in [5, 5.41) is 11.5. The first kappa shape index (κ1) is 16.0. The minimum absolute atomic E-state index is 0.431. The Morgan fingerprint density at radius 3 is 2.57 bits per heavy atom. The highest BCUT2D eigenvalue weighted by Crippen LogP contribution is 2.24. The van der Waals surface area contributed by atoms with E-state index in [4.69, 9.17) is 0 Å². The smallest absolute Gasteiger partial charge is 0.0960 e. The number of pyridine rings is 1. The van der Waals surface area contributed by atoms with Crippen molar-refractivity contribution in [2.75, 3.05) is 0 Å². The van der Waals surface area contributed by atoms with Crippen LogP contribution in [-0.4, -0.2) is 10.1 Å². The number of nitrogens with zero attached hydrogens (tertiary/aromatic N) is 1. The predicted molar refractivity (Wildman–Crippen MR) is 89.4 cm³/mol. The van der Waals surface area contributed by atoms with Crippen molar-refractivity contribution in [3.63, 3.8) is 0 Å². The second-order valence-electron chi connectivity index (χ2n) is 5.95. The van der Waals surface area contributed by atoms with Crippen molar-refractivity contribution < 1.29 is 5.11 Å². The van der Waals surface area contributed by atoms with Crippen molar-refractivity contribution in [2.45, 2.75) is 64.9 Å². The predicted octanol–water partition coefficient (Wildman–Crippen LogP) is 5.33. The third-order valence-electron chi connectivity index (χ3n) is 4.12. The van der Waals surface area contributed by atoms with Crippen LogP contribution in [0.4, 0.5) is 0 Å². The lowest BCUT2D eigenvalue weighted by Gasteiger charge is -2.12. The highest BCUT2D eigenvalue weighted by Gasteiger charge is 2.11. The lowest BCUT2D eigenvalue weighted by molar-refractivity contribution is 0.159. The standard InChI is InChI=1S/C19H27NO/c1-3-4-5-6-7-8-13-19(21)18-14-15(2)16-11-9-10-12-17(16)20-18/h9-12,14,19,21H,3-8,13H2,1-2H3. The second kappa shape index (κ2) is 8.14. The van der Waals surface area contributed by atoms with Gasteiger partial charge < -0.3 is 5.11 Å². The number of benzene rings is 1. The van der Waals surface area contributed by atoms with E-state index in [-0.39, 0.29) is 0 Å². The summed E-state index contributed by atoms with van der Waals surface area (Å²) in [5.41, 5.74) is 2.99. The maximum atomic E-state index is 10.3. The maximum absolute atomic E-state index is 10.3. The van der Waals surface area contributed by atoms with Gasteiger partial charge in [-0.25, -0.2) is 0 Å². The Balaban J connectivity index is 1.92. The number of para-hydroxylation sites is 1. The van der Waals surface area contributed by atoms with E-state index in [1.54, 1.807) is 0 Å². The zero-order chi connectivity index (χ0) is 15.1. The molecular formula is C19H27NO. The summed E-state index contributed by atoms with van der Waals surface area (Å²) in [7, 11) is 0. The summed E-state index contributed by atoms with van der Waals surface area (Å²) in [4.78, 5) is 4.61. The van der Waals surface area contributed by atoms with E-state index in [9.17, 15) is 5.11 Å². The SMILES string of the molecule is CCCCCCCCC(O)c1cc(C)c2ccccc2n1. The Bertz CT molecular complexity index is 564. The van der Waals surface area contributed by atoms with Gasteiger partial charge in [0.15, 0.2) is 0 Å². The summed E-state index contributed by atoms with van der Waals surface area (Å²) in [6.07, 6.45) is 7.89. The number of aliphatic hydroxyl groups excluding tert-OH is 1. The molecule has 1 unspecified atom stereocenters. The molecule has 2 rings (SSSR count). The molecule has 0 amide bonds. The first-order valence-electron chi connectivity index (χ1n) is 8.26. The Labute approximate surface area is 128 Å². The number of hydrogen-bond donors (Lipinski definition) is 1. The van der Waals surface area contributed by atoms with Crippen molar-refractivity contribution in [3.05, 3.63) is 41.6 Å². The van der Waals surface area contributed by atoms with Gasteiger partial charge in [0.25, 0.3) is 0 Å². The third kappa shape index (κ3) is 4.53. The Morgan fingerprint density at radius 1 is 1.05 bits per heavy atom. The minimum atomic E-state index is -0.431. The van der Waals surface area contributed by atoms with Crippen molar-refractivity contribution in [1.82, 2.24) is 4.98 Å². The van der Waals surface area contributed by atoms with Crippen LogP contribution in [0.25, 0.3) is 10.9 Å². The van der Waals surface area contributed by atoms with Crippen molar-refractivity contribution in [2.24, 2.45) is 0 Å². The molecule has 21 heavy (non-hydrogen) atoms. The molecule has 1 atom stereocenters. The summed E-state index contributed by atoms with van der Waals surface area (Å²) in [5.74, 6) is 0. The molecule has 1 N–H and O–H groups in total. The molecule has 0 saturated carbocycles. The van der Waals surface area contributed by atoms with Gasteiger partial charge in [-0.05, 0) is 31.0 Å². The number of rotatable bonds is 8. The lowest BCUT2D eigenvalue weighted by Crippen LogP contribution is -2.02. The summed E-state index contributed by atoms with van der Waals surface area (Å²) < 4.78 is 0. The van der Waals surface area contributed by atoms with Gasteiger partial charge in [0.2, 0.25) is 0 Å². The fraction of sp³-hybridized carbons (Fsp3) is 0.526. The summed E-state index contributed by atoms with van der Waals surface area (Å²) in [6.45, 7) is 4.32. The molecule has 114 valence electrons. The molecule has 2 nitrogen and oxygen atoms in total. The molecule has 0 bridgehead atoms. The first-order valence-corrected chi connectivity index (χ1v) is 8.26. The number of aliphatic hydroxyl groups is 1. The number of aromatic nitrogens is 1. The minimum Gasteiger partial charge on any atom is -0.387 e. The van der Waals surface area contributed by atoms with Gasteiger partial charge in [0, 0.05) is 5.39 Å². The molecule has 1 heterocycles. The zero-order valence-electron chi connectivity index (χ0n) is 13.3. The van der Waals surface area contributed by atoms with E-state index >= 15 is 0 Å². The van der Waals surface area contributed by atoms with Gasteiger partial charge >= 0.3 is 0 Å². The molecule has 0 aliphatic rings. The normalized spacial score (nSPS) is 12.7. The van der Waals surface area contributed by atoms with Crippen LogP contribution in [0, 0.1) is 6.92 Å². The molecule has 0 aliphatic carbocycles. The maximum Gasteiger partial charge on any atom is 0.0960 e. The van der Waals surface area contributed by atoms with E-state index in [1.807, 2.05) is 24.3 Å². The van der Waals surface area contributed by atoms with Crippen LogP contribution in [0.3, 0.4) is 0 Å². The van der Waals surface area contributed by atoms with Crippen LogP contribution in [-0.2, 0) is 0 Å². The van der Waals surface area contributed by atoms with Crippen LogP contribution in [0.2, 0.25) is 0 Å². The van der Waals surface area contributed by atoms with Gasteiger partial charge in [0.1, 0.15) is 0 Å². The number of unbranched alkanes of at least 4 members (excludes halogenated alkanes) is 5. The molecule has 0 radical (unpaired) electrons. The topological polar surface area (TPSA) is 33.1 Å². The van der Waals surface area contributed by atoms with E-state index in [2.05, 4.69) is 24.9 Å². The molecule has 0 aliphatic heterocycles. The molecule has 1 aromatic carbocycles. The highest BCUT2D eigenvalue weighted by atomic mass is 16.3. The van der Waals surface area contributed by atoms with E-state index in [1.165, 1.54) is 43.1 Å². The van der Waals surface area contributed by atoms with Gasteiger partial charge in [-0.2, -0.15) is 0 Å². The van der Waals surface area contributed by atoms with Crippen molar-refractivity contribution >= 4 is 10.9 Å². The van der Waals surface area contributed by atoms with Gasteiger partial charge in [-0.3, -0.25) is 4.98 Å². The largest absolute Gasteiger partial charge is 0.387 e.